The molecule has 0 aliphatic heterocycles. The summed E-state index contributed by atoms with van der Waals surface area (Å²) in [5, 5.41) is 12.3. The van der Waals surface area contributed by atoms with Crippen molar-refractivity contribution >= 4 is 34.2 Å². The molecule has 0 fully saturated rings. The summed E-state index contributed by atoms with van der Waals surface area (Å²) in [6.45, 7) is 4.26. The Labute approximate surface area is 197 Å². The third-order valence-electron chi connectivity index (χ3n) is 5.46. The van der Waals surface area contributed by atoms with Crippen LogP contribution in [-0.2, 0) is 4.79 Å². The number of aromatic nitrogens is 3. The molecule has 0 radical (unpaired) electrons. The van der Waals surface area contributed by atoms with E-state index in [0.717, 1.165) is 6.42 Å². The Bertz CT molecular complexity index is 1270. The molecule has 4 aromatic rings. The van der Waals surface area contributed by atoms with Crippen LogP contribution in [0.2, 0.25) is 5.02 Å². The lowest BCUT2D eigenvalue weighted by atomic mass is 9.99. The summed E-state index contributed by atoms with van der Waals surface area (Å²) in [6.07, 6.45) is 1.08. The summed E-state index contributed by atoms with van der Waals surface area (Å²) in [5.74, 6) is 1.48. The maximum atomic E-state index is 12.4. The summed E-state index contributed by atoms with van der Waals surface area (Å²) in [5.41, 5.74) is 3.91. The zero-order valence-corrected chi connectivity index (χ0v) is 19.5. The van der Waals surface area contributed by atoms with Gasteiger partial charge in [-0.2, -0.15) is 4.80 Å². The molecule has 4 rings (SSSR count). The Kier molecular flexibility index (Phi) is 6.79. The molecule has 0 bridgehead atoms. The van der Waals surface area contributed by atoms with Gasteiger partial charge < -0.3 is 14.8 Å². The molecule has 1 N–H and O–H groups in total. The first kappa shape index (κ1) is 22.6. The Morgan fingerprint density at radius 2 is 1.82 bits per heavy atom. The molecular weight excluding hydrogens is 440 g/mol. The minimum absolute atomic E-state index is 0.0856. The van der Waals surface area contributed by atoms with E-state index in [4.69, 9.17) is 21.1 Å². The molecule has 0 unspecified atom stereocenters. The largest absolute Gasteiger partial charge is 0.495 e. The summed E-state index contributed by atoms with van der Waals surface area (Å²) < 4.78 is 10.8. The molecule has 0 saturated carbocycles. The van der Waals surface area contributed by atoms with Gasteiger partial charge in [-0.3, -0.25) is 4.79 Å². The lowest BCUT2D eigenvalue weighted by molar-refractivity contribution is -0.118. The van der Waals surface area contributed by atoms with Crippen LogP contribution in [0.3, 0.4) is 0 Å². The van der Waals surface area contributed by atoms with Gasteiger partial charge in [0.1, 0.15) is 22.5 Å². The van der Waals surface area contributed by atoms with Crippen molar-refractivity contribution < 1.29 is 14.3 Å². The highest BCUT2D eigenvalue weighted by Gasteiger charge is 2.10. The minimum Gasteiger partial charge on any atom is -0.495 e. The number of carbonyl (C=O) groups is 1. The first-order valence-corrected chi connectivity index (χ1v) is 11.1. The molecule has 1 amide bonds. The second kappa shape index (κ2) is 9.92. The first-order valence-electron chi connectivity index (χ1n) is 10.7. The van der Waals surface area contributed by atoms with Crippen molar-refractivity contribution in [2.24, 2.45) is 0 Å². The summed E-state index contributed by atoms with van der Waals surface area (Å²) >= 11 is 6.21. The van der Waals surface area contributed by atoms with Gasteiger partial charge in [0.2, 0.25) is 0 Å². The van der Waals surface area contributed by atoms with Crippen molar-refractivity contribution in [2.75, 3.05) is 19.0 Å². The fraction of sp³-hybridized carbons (Fsp3) is 0.240. The number of carbonyl (C=O) groups excluding carboxylic acids is 1. The van der Waals surface area contributed by atoms with Crippen molar-refractivity contribution in [1.82, 2.24) is 15.0 Å². The standard InChI is InChI=1S/C25H25ClN4O3/c1-4-16(2)17-5-9-20(10-6-17)33-15-25(31)27-18-7-11-22-23(13-18)29-30(28-22)19-8-12-24(32-3)21(26)14-19/h5-14,16H,4,15H2,1-3H3,(H,27,31)/t16-/m1/s1. The van der Waals surface area contributed by atoms with Crippen molar-refractivity contribution in [3.8, 4) is 17.2 Å². The van der Waals surface area contributed by atoms with Gasteiger partial charge in [-0.1, -0.05) is 37.6 Å². The van der Waals surface area contributed by atoms with Crippen LogP contribution >= 0.6 is 11.6 Å². The zero-order valence-electron chi connectivity index (χ0n) is 18.7. The Balaban J connectivity index is 1.40. The number of methoxy groups -OCH3 is 1. The average molecular weight is 465 g/mol. The fourth-order valence-electron chi connectivity index (χ4n) is 3.36. The molecule has 0 aliphatic carbocycles. The van der Waals surface area contributed by atoms with E-state index in [1.165, 1.54) is 10.4 Å². The third-order valence-corrected chi connectivity index (χ3v) is 5.76. The second-order valence-electron chi connectivity index (χ2n) is 7.73. The van der Waals surface area contributed by atoms with E-state index in [-0.39, 0.29) is 12.5 Å². The number of rotatable bonds is 8. The minimum atomic E-state index is -0.255. The smallest absolute Gasteiger partial charge is 0.262 e. The lowest BCUT2D eigenvalue weighted by Crippen LogP contribution is -2.20. The Morgan fingerprint density at radius 3 is 2.52 bits per heavy atom. The molecule has 0 spiro atoms. The van der Waals surface area contributed by atoms with E-state index in [1.54, 1.807) is 37.4 Å². The molecule has 3 aromatic carbocycles. The van der Waals surface area contributed by atoms with Crippen molar-refractivity contribution in [3.63, 3.8) is 0 Å². The van der Waals surface area contributed by atoms with Gasteiger partial charge in [-0.05, 0) is 66.4 Å². The highest BCUT2D eigenvalue weighted by molar-refractivity contribution is 6.32. The molecule has 170 valence electrons. The molecule has 7 nitrogen and oxygen atoms in total. The molecular formula is C25H25ClN4O3. The van der Waals surface area contributed by atoms with Crippen LogP contribution in [-0.4, -0.2) is 34.6 Å². The van der Waals surface area contributed by atoms with Gasteiger partial charge in [-0.15, -0.1) is 10.2 Å². The van der Waals surface area contributed by atoms with E-state index >= 15 is 0 Å². The van der Waals surface area contributed by atoms with Crippen LogP contribution in [0, 0.1) is 0 Å². The van der Waals surface area contributed by atoms with Gasteiger partial charge in [0, 0.05) is 5.69 Å². The number of ether oxygens (including phenoxy) is 2. The summed E-state index contributed by atoms with van der Waals surface area (Å²) in [4.78, 5) is 13.9. The van der Waals surface area contributed by atoms with E-state index in [1.807, 2.05) is 30.3 Å². The number of benzene rings is 3. The highest BCUT2D eigenvalue weighted by atomic mass is 35.5. The predicted molar refractivity (Wildman–Crippen MR) is 130 cm³/mol. The van der Waals surface area contributed by atoms with Crippen molar-refractivity contribution in [2.45, 2.75) is 26.2 Å². The van der Waals surface area contributed by atoms with Crippen LogP contribution in [0.4, 0.5) is 5.69 Å². The molecule has 0 saturated heterocycles. The van der Waals surface area contributed by atoms with Crippen LogP contribution in [0.5, 0.6) is 11.5 Å². The molecule has 1 heterocycles. The third kappa shape index (κ3) is 5.26. The second-order valence-corrected chi connectivity index (χ2v) is 8.13. The SMILES string of the molecule is CC[C@@H](C)c1ccc(OCC(=O)Nc2ccc3nn(-c4ccc(OC)c(Cl)c4)nc3c2)cc1. The maximum Gasteiger partial charge on any atom is 0.262 e. The quantitative estimate of drug-likeness (QED) is 0.366. The normalized spacial score (nSPS) is 11.9. The van der Waals surface area contributed by atoms with Gasteiger partial charge in [0.25, 0.3) is 5.91 Å². The number of nitrogens with one attached hydrogen (secondary N) is 1. The van der Waals surface area contributed by atoms with E-state index < -0.39 is 0 Å². The fourth-order valence-corrected chi connectivity index (χ4v) is 3.61. The molecule has 1 aromatic heterocycles. The predicted octanol–water partition coefficient (Wildman–Crippen LogP) is 5.61. The summed E-state index contributed by atoms with van der Waals surface area (Å²) in [7, 11) is 1.56. The van der Waals surface area contributed by atoms with Crippen LogP contribution < -0.4 is 14.8 Å². The van der Waals surface area contributed by atoms with E-state index in [9.17, 15) is 4.79 Å². The first-order chi connectivity index (χ1) is 16.0. The van der Waals surface area contributed by atoms with Gasteiger partial charge in [0.05, 0.1) is 17.8 Å². The number of amides is 1. The van der Waals surface area contributed by atoms with E-state index in [0.29, 0.717) is 44.8 Å². The topological polar surface area (TPSA) is 78.3 Å². The monoisotopic (exact) mass is 464 g/mol. The molecule has 1 atom stereocenters. The summed E-state index contributed by atoms with van der Waals surface area (Å²) in [6, 6.07) is 18.5. The number of halogens is 1. The van der Waals surface area contributed by atoms with Crippen molar-refractivity contribution in [3.05, 3.63) is 71.2 Å². The molecule has 33 heavy (non-hydrogen) atoms. The molecule has 8 heteroatoms. The van der Waals surface area contributed by atoms with Gasteiger partial charge >= 0.3 is 0 Å². The van der Waals surface area contributed by atoms with Crippen molar-refractivity contribution in [1.29, 1.82) is 0 Å². The lowest BCUT2D eigenvalue weighted by Gasteiger charge is -2.11. The number of fused-ring (bicyclic) bond motifs is 1. The van der Waals surface area contributed by atoms with E-state index in [2.05, 4.69) is 29.4 Å². The zero-order chi connectivity index (χ0) is 23.4. The van der Waals surface area contributed by atoms with Crippen LogP contribution in [0.25, 0.3) is 16.7 Å². The van der Waals surface area contributed by atoms with Gasteiger partial charge in [0.15, 0.2) is 6.61 Å². The number of hydrogen-bond donors (Lipinski definition) is 1. The van der Waals surface area contributed by atoms with Crippen LogP contribution in [0.1, 0.15) is 31.7 Å². The highest BCUT2D eigenvalue weighted by Crippen LogP contribution is 2.27. The number of anilines is 1. The average Bonchev–Trinajstić information content (AvgIpc) is 3.26. The molecule has 0 aliphatic rings. The van der Waals surface area contributed by atoms with Crippen LogP contribution in [0.15, 0.2) is 60.7 Å². The maximum absolute atomic E-state index is 12.4. The number of nitrogens with zero attached hydrogens (tertiary/aromatic N) is 3. The Morgan fingerprint density at radius 1 is 1.06 bits per heavy atom. The number of hydrogen-bond acceptors (Lipinski definition) is 5. The Hall–Kier alpha value is -3.58. The van der Waals surface area contributed by atoms with Gasteiger partial charge in [-0.25, -0.2) is 0 Å².